The molecule has 0 radical (unpaired) electrons. The second-order valence-corrected chi connectivity index (χ2v) is 5.95. The molecule has 98 valence electrons. The standard InChI is InChI=1S/C14H26N2O/c1-3-12-4-10-16(11-5-12)13(17)14(2)6-8-15-9-7-14/h12,15H,3-11H2,1-2H3. The molecule has 17 heavy (non-hydrogen) atoms. The van der Waals surface area contributed by atoms with Crippen molar-refractivity contribution in [2.75, 3.05) is 26.2 Å². The molecule has 0 atom stereocenters. The molecular formula is C14H26N2O. The Labute approximate surface area is 105 Å². The third-order valence-corrected chi connectivity index (χ3v) is 4.70. The van der Waals surface area contributed by atoms with Crippen LogP contribution in [0.5, 0.6) is 0 Å². The molecule has 2 saturated heterocycles. The molecule has 1 N–H and O–H groups in total. The number of carbonyl (C=O) groups is 1. The first kappa shape index (κ1) is 12.9. The maximum absolute atomic E-state index is 12.6. The van der Waals surface area contributed by atoms with Gasteiger partial charge in [-0.25, -0.2) is 0 Å². The molecule has 1 amide bonds. The maximum atomic E-state index is 12.6. The number of hydrogen-bond acceptors (Lipinski definition) is 2. The van der Waals surface area contributed by atoms with E-state index in [2.05, 4.69) is 24.1 Å². The zero-order valence-corrected chi connectivity index (χ0v) is 11.3. The summed E-state index contributed by atoms with van der Waals surface area (Å²) in [6.45, 7) is 8.38. The van der Waals surface area contributed by atoms with E-state index < -0.39 is 0 Å². The summed E-state index contributed by atoms with van der Waals surface area (Å²) < 4.78 is 0. The third kappa shape index (κ3) is 2.82. The van der Waals surface area contributed by atoms with Crippen LogP contribution in [0.25, 0.3) is 0 Å². The van der Waals surface area contributed by atoms with Crippen LogP contribution < -0.4 is 5.32 Å². The Hall–Kier alpha value is -0.570. The summed E-state index contributed by atoms with van der Waals surface area (Å²) in [6, 6.07) is 0. The van der Waals surface area contributed by atoms with Crippen molar-refractivity contribution in [1.82, 2.24) is 10.2 Å². The number of rotatable bonds is 2. The van der Waals surface area contributed by atoms with Crippen LogP contribution in [0.1, 0.15) is 46.0 Å². The SMILES string of the molecule is CCC1CCN(C(=O)C2(C)CCNCC2)CC1. The monoisotopic (exact) mass is 238 g/mol. The summed E-state index contributed by atoms with van der Waals surface area (Å²) in [6.07, 6.45) is 5.68. The molecule has 0 spiro atoms. The van der Waals surface area contributed by atoms with Crippen molar-refractivity contribution >= 4 is 5.91 Å². The lowest BCUT2D eigenvalue weighted by Crippen LogP contribution is -2.49. The van der Waals surface area contributed by atoms with Gasteiger partial charge in [0.15, 0.2) is 0 Å². The van der Waals surface area contributed by atoms with E-state index in [1.807, 2.05) is 0 Å². The molecule has 0 aliphatic carbocycles. The van der Waals surface area contributed by atoms with Gasteiger partial charge in [0.05, 0.1) is 0 Å². The highest BCUT2D eigenvalue weighted by Gasteiger charge is 2.38. The molecule has 2 aliphatic rings. The van der Waals surface area contributed by atoms with Crippen molar-refractivity contribution in [1.29, 1.82) is 0 Å². The largest absolute Gasteiger partial charge is 0.342 e. The number of hydrogen-bond donors (Lipinski definition) is 1. The van der Waals surface area contributed by atoms with Gasteiger partial charge in [-0.05, 0) is 44.7 Å². The first-order chi connectivity index (χ1) is 8.15. The van der Waals surface area contributed by atoms with E-state index in [1.165, 1.54) is 19.3 Å². The number of carbonyl (C=O) groups excluding carboxylic acids is 1. The van der Waals surface area contributed by atoms with Crippen LogP contribution in [-0.4, -0.2) is 37.0 Å². The highest BCUT2D eigenvalue weighted by molar-refractivity contribution is 5.82. The summed E-state index contributed by atoms with van der Waals surface area (Å²) in [5.74, 6) is 1.26. The van der Waals surface area contributed by atoms with Gasteiger partial charge in [0.2, 0.25) is 5.91 Å². The van der Waals surface area contributed by atoms with Gasteiger partial charge in [-0.1, -0.05) is 20.3 Å². The lowest BCUT2D eigenvalue weighted by atomic mass is 9.79. The Morgan fingerprint density at radius 3 is 2.41 bits per heavy atom. The minimum absolute atomic E-state index is 0.0930. The normalized spacial score (nSPS) is 25.9. The predicted molar refractivity (Wildman–Crippen MR) is 69.8 cm³/mol. The van der Waals surface area contributed by atoms with Crippen LogP contribution in [0.3, 0.4) is 0 Å². The van der Waals surface area contributed by atoms with Crippen LogP contribution in [0.15, 0.2) is 0 Å². The first-order valence-electron chi connectivity index (χ1n) is 7.16. The molecule has 2 aliphatic heterocycles. The van der Waals surface area contributed by atoms with Crippen molar-refractivity contribution in [3.05, 3.63) is 0 Å². The number of nitrogens with one attached hydrogen (secondary N) is 1. The van der Waals surface area contributed by atoms with Gasteiger partial charge in [0.25, 0.3) is 0 Å². The molecular weight excluding hydrogens is 212 g/mol. The van der Waals surface area contributed by atoms with Crippen LogP contribution in [0, 0.1) is 11.3 Å². The average Bonchev–Trinajstić information content (AvgIpc) is 2.39. The molecule has 0 aromatic rings. The number of likely N-dealkylation sites (tertiary alicyclic amines) is 1. The lowest BCUT2D eigenvalue weighted by Gasteiger charge is -2.40. The van der Waals surface area contributed by atoms with E-state index in [0.29, 0.717) is 5.91 Å². The molecule has 2 rings (SSSR count). The van der Waals surface area contributed by atoms with E-state index in [-0.39, 0.29) is 5.41 Å². The zero-order valence-electron chi connectivity index (χ0n) is 11.3. The van der Waals surface area contributed by atoms with Gasteiger partial charge in [-0.3, -0.25) is 4.79 Å². The molecule has 3 heteroatoms. The highest BCUT2D eigenvalue weighted by atomic mass is 16.2. The van der Waals surface area contributed by atoms with E-state index >= 15 is 0 Å². The van der Waals surface area contributed by atoms with Crippen molar-refractivity contribution in [3.8, 4) is 0 Å². The molecule has 0 unspecified atom stereocenters. The third-order valence-electron chi connectivity index (χ3n) is 4.70. The Morgan fingerprint density at radius 2 is 1.88 bits per heavy atom. The highest BCUT2D eigenvalue weighted by Crippen LogP contribution is 2.32. The molecule has 2 fully saturated rings. The fourth-order valence-corrected chi connectivity index (χ4v) is 3.12. The van der Waals surface area contributed by atoms with E-state index in [9.17, 15) is 4.79 Å². The van der Waals surface area contributed by atoms with Crippen LogP contribution >= 0.6 is 0 Å². The minimum atomic E-state index is -0.0930. The Bertz CT molecular complexity index is 263. The van der Waals surface area contributed by atoms with Gasteiger partial charge in [0.1, 0.15) is 0 Å². The Morgan fingerprint density at radius 1 is 1.29 bits per heavy atom. The summed E-state index contributed by atoms with van der Waals surface area (Å²) in [5, 5.41) is 3.34. The second kappa shape index (κ2) is 5.38. The van der Waals surface area contributed by atoms with Crippen molar-refractivity contribution in [2.45, 2.75) is 46.0 Å². The topological polar surface area (TPSA) is 32.3 Å². The molecule has 3 nitrogen and oxygen atoms in total. The first-order valence-corrected chi connectivity index (χ1v) is 7.16. The average molecular weight is 238 g/mol. The molecule has 0 bridgehead atoms. The lowest BCUT2D eigenvalue weighted by molar-refractivity contribution is -0.144. The predicted octanol–water partition coefficient (Wildman–Crippen LogP) is 2.02. The number of amides is 1. The Balaban J connectivity index is 1.91. The summed E-state index contributed by atoms with van der Waals surface area (Å²) in [4.78, 5) is 14.7. The fourth-order valence-electron chi connectivity index (χ4n) is 3.12. The number of nitrogens with zero attached hydrogens (tertiary/aromatic N) is 1. The fraction of sp³-hybridized carbons (Fsp3) is 0.929. The number of piperidine rings is 2. The van der Waals surface area contributed by atoms with Crippen LogP contribution in [0.2, 0.25) is 0 Å². The molecule has 0 saturated carbocycles. The summed E-state index contributed by atoms with van der Waals surface area (Å²) in [7, 11) is 0. The maximum Gasteiger partial charge on any atom is 0.228 e. The second-order valence-electron chi connectivity index (χ2n) is 5.95. The summed E-state index contributed by atoms with van der Waals surface area (Å²) in [5.41, 5.74) is -0.0930. The van der Waals surface area contributed by atoms with Crippen molar-refractivity contribution in [3.63, 3.8) is 0 Å². The molecule has 0 aromatic carbocycles. The van der Waals surface area contributed by atoms with Crippen LogP contribution in [0.4, 0.5) is 0 Å². The quantitative estimate of drug-likeness (QED) is 0.798. The Kier molecular flexibility index (Phi) is 4.08. The molecule has 2 heterocycles. The van der Waals surface area contributed by atoms with E-state index in [4.69, 9.17) is 0 Å². The van der Waals surface area contributed by atoms with Gasteiger partial charge in [-0.15, -0.1) is 0 Å². The smallest absolute Gasteiger partial charge is 0.228 e. The minimum Gasteiger partial charge on any atom is -0.342 e. The van der Waals surface area contributed by atoms with E-state index in [0.717, 1.165) is 44.9 Å². The van der Waals surface area contributed by atoms with Crippen molar-refractivity contribution in [2.24, 2.45) is 11.3 Å². The van der Waals surface area contributed by atoms with Gasteiger partial charge in [0, 0.05) is 18.5 Å². The van der Waals surface area contributed by atoms with Crippen molar-refractivity contribution < 1.29 is 4.79 Å². The molecule has 0 aromatic heterocycles. The van der Waals surface area contributed by atoms with Gasteiger partial charge >= 0.3 is 0 Å². The zero-order chi connectivity index (χ0) is 12.3. The summed E-state index contributed by atoms with van der Waals surface area (Å²) >= 11 is 0. The van der Waals surface area contributed by atoms with Gasteiger partial charge in [-0.2, -0.15) is 0 Å². The van der Waals surface area contributed by atoms with Crippen LogP contribution in [-0.2, 0) is 4.79 Å². The van der Waals surface area contributed by atoms with Gasteiger partial charge < -0.3 is 10.2 Å². The van der Waals surface area contributed by atoms with E-state index in [1.54, 1.807) is 0 Å².